The summed E-state index contributed by atoms with van der Waals surface area (Å²) in [6.45, 7) is 2.30. The minimum atomic E-state index is -0.0479. The van der Waals surface area contributed by atoms with E-state index >= 15 is 0 Å². The van der Waals surface area contributed by atoms with Crippen LogP contribution in [0.2, 0.25) is 0 Å². The van der Waals surface area contributed by atoms with Crippen LogP contribution >= 0.6 is 11.8 Å². The Bertz CT molecular complexity index is 705. The maximum absolute atomic E-state index is 12.2. The number of hydrogen-bond donors (Lipinski definition) is 2. The van der Waals surface area contributed by atoms with Gasteiger partial charge in [0.1, 0.15) is 5.82 Å². The molecule has 1 aromatic heterocycles. The Balaban J connectivity index is 1.70. The number of para-hydroxylation sites is 1. The largest absolute Gasteiger partial charge is 0.396 e. The molecule has 0 amide bonds. The number of aromatic nitrogens is 2. The van der Waals surface area contributed by atoms with Gasteiger partial charge in [0.25, 0.3) is 5.56 Å². The Morgan fingerprint density at radius 1 is 1.32 bits per heavy atom. The highest BCUT2D eigenvalue weighted by Crippen LogP contribution is 2.32. The summed E-state index contributed by atoms with van der Waals surface area (Å²) < 4.78 is 0. The fourth-order valence-electron chi connectivity index (χ4n) is 3.10. The van der Waals surface area contributed by atoms with Gasteiger partial charge >= 0.3 is 0 Å². The predicted octanol–water partition coefficient (Wildman–Crippen LogP) is 3.02. The molecule has 1 heterocycles. The minimum absolute atomic E-state index is 0.0479. The number of aromatic amines is 1. The second kappa shape index (κ2) is 6.84. The quantitative estimate of drug-likeness (QED) is 0.909. The highest BCUT2D eigenvalue weighted by molar-refractivity contribution is 7.99. The Labute approximate surface area is 134 Å². The smallest absolute Gasteiger partial charge is 0.258 e. The van der Waals surface area contributed by atoms with Crippen molar-refractivity contribution in [1.29, 1.82) is 0 Å². The van der Waals surface area contributed by atoms with Crippen molar-refractivity contribution in [2.45, 2.75) is 43.6 Å². The van der Waals surface area contributed by atoms with Crippen molar-refractivity contribution >= 4 is 22.7 Å². The molecule has 0 aliphatic heterocycles. The first-order valence-corrected chi connectivity index (χ1v) is 8.93. The predicted molar refractivity (Wildman–Crippen MR) is 91.2 cm³/mol. The number of aryl methyl sites for hydroxylation is 1. The summed E-state index contributed by atoms with van der Waals surface area (Å²) in [4.78, 5) is 19.7. The van der Waals surface area contributed by atoms with Gasteiger partial charge in [-0.3, -0.25) is 4.79 Å². The van der Waals surface area contributed by atoms with Crippen molar-refractivity contribution < 1.29 is 5.11 Å². The lowest BCUT2D eigenvalue weighted by atomic mass is 9.90. The molecule has 1 aromatic carbocycles. The third kappa shape index (κ3) is 3.36. The van der Waals surface area contributed by atoms with Crippen molar-refractivity contribution in [2.75, 3.05) is 6.61 Å². The average molecular weight is 318 g/mol. The van der Waals surface area contributed by atoms with E-state index < -0.39 is 0 Å². The molecule has 4 nitrogen and oxygen atoms in total. The topological polar surface area (TPSA) is 66.0 Å². The van der Waals surface area contributed by atoms with Gasteiger partial charge in [0.2, 0.25) is 0 Å². The van der Waals surface area contributed by atoms with Crippen LogP contribution in [-0.4, -0.2) is 26.9 Å². The fourth-order valence-corrected chi connectivity index (χ4v) is 4.23. The summed E-state index contributed by atoms with van der Waals surface area (Å²) in [6.07, 6.45) is 4.50. The number of thioether (sulfide) groups is 1. The number of H-pyrrole nitrogens is 1. The molecule has 118 valence electrons. The molecule has 2 aromatic rings. The number of hydrogen-bond acceptors (Lipinski definition) is 4. The lowest BCUT2D eigenvalue weighted by Crippen LogP contribution is -2.19. The van der Waals surface area contributed by atoms with Gasteiger partial charge in [-0.25, -0.2) is 4.98 Å². The molecule has 0 saturated heterocycles. The van der Waals surface area contributed by atoms with E-state index in [-0.39, 0.29) is 5.56 Å². The van der Waals surface area contributed by atoms with Crippen molar-refractivity contribution in [3.8, 4) is 0 Å². The Kier molecular flexibility index (Phi) is 4.84. The second-order valence-electron chi connectivity index (χ2n) is 6.12. The number of aliphatic hydroxyl groups excluding tert-OH is 1. The molecule has 5 heteroatoms. The molecule has 1 fully saturated rings. The highest BCUT2D eigenvalue weighted by Gasteiger charge is 2.21. The van der Waals surface area contributed by atoms with E-state index in [1.54, 1.807) is 0 Å². The maximum Gasteiger partial charge on any atom is 0.258 e. The van der Waals surface area contributed by atoms with Crippen LogP contribution < -0.4 is 5.56 Å². The second-order valence-corrected chi connectivity index (χ2v) is 7.41. The lowest BCUT2D eigenvalue weighted by molar-refractivity contribution is 0.192. The molecule has 1 aliphatic carbocycles. The maximum atomic E-state index is 12.2. The van der Waals surface area contributed by atoms with Gasteiger partial charge in [-0.15, -0.1) is 0 Å². The zero-order valence-electron chi connectivity index (χ0n) is 12.8. The van der Waals surface area contributed by atoms with Crippen LogP contribution in [0, 0.1) is 12.8 Å². The summed E-state index contributed by atoms with van der Waals surface area (Å²) in [7, 11) is 0. The number of nitrogens with zero attached hydrogens (tertiary/aromatic N) is 1. The van der Waals surface area contributed by atoms with Crippen molar-refractivity contribution in [2.24, 2.45) is 5.92 Å². The van der Waals surface area contributed by atoms with E-state index in [2.05, 4.69) is 9.97 Å². The minimum Gasteiger partial charge on any atom is -0.396 e. The number of aliphatic hydroxyl groups is 1. The van der Waals surface area contributed by atoms with Crippen LogP contribution in [0.3, 0.4) is 0 Å². The standard InChI is InChI=1S/C17H22N2O2S/c1-11-3-2-4-14-16(11)18-15(19-17(14)21)10-22-13-7-5-12(9-20)6-8-13/h2-4,12-13,20H,5-10H2,1H3,(H,18,19,21)/t12-,13+. The van der Waals surface area contributed by atoms with Crippen molar-refractivity contribution in [3.63, 3.8) is 0 Å². The lowest BCUT2D eigenvalue weighted by Gasteiger charge is -2.26. The Morgan fingerprint density at radius 3 is 2.82 bits per heavy atom. The van der Waals surface area contributed by atoms with Crippen LogP contribution in [0.15, 0.2) is 23.0 Å². The zero-order valence-corrected chi connectivity index (χ0v) is 13.7. The van der Waals surface area contributed by atoms with E-state index in [1.807, 2.05) is 36.9 Å². The van der Waals surface area contributed by atoms with E-state index in [0.29, 0.717) is 23.2 Å². The van der Waals surface area contributed by atoms with Gasteiger partial charge in [-0.05, 0) is 50.2 Å². The first-order chi connectivity index (χ1) is 10.7. The fraction of sp³-hybridized carbons (Fsp3) is 0.529. The van der Waals surface area contributed by atoms with Crippen LogP contribution in [0.5, 0.6) is 0 Å². The van der Waals surface area contributed by atoms with Crippen molar-refractivity contribution in [3.05, 3.63) is 39.9 Å². The number of nitrogens with one attached hydrogen (secondary N) is 1. The molecular formula is C17H22N2O2S. The van der Waals surface area contributed by atoms with Gasteiger partial charge in [0.05, 0.1) is 16.7 Å². The Morgan fingerprint density at radius 2 is 2.09 bits per heavy atom. The van der Waals surface area contributed by atoms with E-state index in [0.717, 1.165) is 48.3 Å². The molecule has 2 N–H and O–H groups in total. The first-order valence-electron chi connectivity index (χ1n) is 7.88. The van der Waals surface area contributed by atoms with E-state index in [1.165, 1.54) is 0 Å². The van der Waals surface area contributed by atoms with Gasteiger partial charge in [0, 0.05) is 11.9 Å². The summed E-state index contributed by atoms with van der Waals surface area (Å²) in [5, 5.41) is 10.5. The summed E-state index contributed by atoms with van der Waals surface area (Å²) in [6, 6.07) is 5.70. The summed E-state index contributed by atoms with van der Waals surface area (Å²) in [5.74, 6) is 1.99. The first kappa shape index (κ1) is 15.6. The van der Waals surface area contributed by atoms with E-state index in [9.17, 15) is 9.90 Å². The van der Waals surface area contributed by atoms with Crippen molar-refractivity contribution in [1.82, 2.24) is 9.97 Å². The van der Waals surface area contributed by atoms with Crippen LogP contribution in [0.25, 0.3) is 10.9 Å². The normalized spacial score (nSPS) is 22.1. The molecule has 0 atom stereocenters. The van der Waals surface area contributed by atoms with E-state index in [4.69, 9.17) is 0 Å². The number of rotatable bonds is 4. The third-order valence-corrected chi connectivity index (χ3v) is 5.88. The monoisotopic (exact) mass is 318 g/mol. The average Bonchev–Trinajstić information content (AvgIpc) is 2.54. The summed E-state index contributed by atoms with van der Waals surface area (Å²) >= 11 is 1.87. The van der Waals surface area contributed by atoms with Crippen LogP contribution in [0.4, 0.5) is 0 Å². The molecule has 22 heavy (non-hydrogen) atoms. The molecular weight excluding hydrogens is 296 g/mol. The van der Waals surface area contributed by atoms with Gasteiger partial charge < -0.3 is 10.1 Å². The third-order valence-electron chi connectivity index (χ3n) is 4.49. The molecule has 0 radical (unpaired) electrons. The number of benzene rings is 1. The zero-order chi connectivity index (χ0) is 15.5. The molecule has 1 saturated carbocycles. The van der Waals surface area contributed by atoms with Crippen LogP contribution in [0.1, 0.15) is 37.1 Å². The molecule has 0 spiro atoms. The molecule has 0 unspecified atom stereocenters. The number of fused-ring (bicyclic) bond motifs is 1. The highest BCUT2D eigenvalue weighted by atomic mass is 32.2. The molecule has 0 bridgehead atoms. The van der Waals surface area contributed by atoms with Gasteiger partial charge in [0.15, 0.2) is 0 Å². The van der Waals surface area contributed by atoms with Gasteiger partial charge in [-0.1, -0.05) is 12.1 Å². The summed E-state index contributed by atoms with van der Waals surface area (Å²) in [5.41, 5.74) is 1.80. The Hall–Kier alpha value is -1.33. The van der Waals surface area contributed by atoms with Crippen LogP contribution in [-0.2, 0) is 5.75 Å². The molecule has 1 aliphatic rings. The molecule has 3 rings (SSSR count). The van der Waals surface area contributed by atoms with Gasteiger partial charge in [-0.2, -0.15) is 11.8 Å². The SMILES string of the molecule is Cc1cccc2c(=O)[nH]c(CS[C@H]3CC[C@@H](CO)CC3)nc12.